The van der Waals surface area contributed by atoms with Gasteiger partial charge in [-0.1, -0.05) is 6.07 Å². The maximum absolute atomic E-state index is 13.1. The van der Waals surface area contributed by atoms with Gasteiger partial charge in [0.05, 0.1) is 31.9 Å². The highest BCUT2D eigenvalue weighted by Crippen LogP contribution is 2.33. The summed E-state index contributed by atoms with van der Waals surface area (Å²) in [6.07, 6.45) is 1.15. The van der Waals surface area contributed by atoms with Crippen molar-refractivity contribution in [3.05, 3.63) is 63.5 Å². The van der Waals surface area contributed by atoms with Gasteiger partial charge < -0.3 is 14.8 Å². The molecule has 0 aliphatic carbocycles. The van der Waals surface area contributed by atoms with Crippen LogP contribution in [0.25, 0.3) is 0 Å². The predicted molar refractivity (Wildman–Crippen MR) is 101 cm³/mol. The van der Waals surface area contributed by atoms with Gasteiger partial charge in [0.2, 0.25) is 5.75 Å². The van der Waals surface area contributed by atoms with Gasteiger partial charge in [0.25, 0.3) is 11.8 Å². The Bertz CT molecular complexity index is 963. The van der Waals surface area contributed by atoms with E-state index in [2.05, 4.69) is 15.8 Å². The van der Waals surface area contributed by atoms with E-state index in [1.807, 2.05) is 0 Å². The lowest BCUT2D eigenvalue weighted by molar-refractivity contribution is -0.385. The molecule has 0 fully saturated rings. The van der Waals surface area contributed by atoms with Crippen LogP contribution in [-0.4, -0.2) is 43.7 Å². The van der Waals surface area contributed by atoms with E-state index in [-0.39, 0.29) is 28.3 Å². The number of nitro groups is 1. The maximum Gasteiger partial charge on any atom is 0.311 e. The summed E-state index contributed by atoms with van der Waals surface area (Å²) in [6.45, 7) is -0.410. The third-order valence-electron chi connectivity index (χ3n) is 3.62. The van der Waals surface area contributed by atoms with Crippen molar-refractivity contribution in [2.24, 2.45) is 5.10 Å². The number of hydrazone groups is 1. The van der Waals surface area contributed by atoms with E-state index in [9.17, 15) is 24.1 Å². The van der Waals surface area contributed by atoms with Crippen LogP contribution in [0.2, 0.25) is 0 Å². The molecule has 0 unspecified atom stereocenters. The second-order valence-electron chi connectivity index (χ2n) is 5.51. The molecule has 0 heterocycles. The van der Waals surface area contributed by atoms with Gasteiger partial charge in [-0.3, -0.25) is 19.7 Å². The zero-order valence-corrected chi connectivity index (χ0v) is 15.5. The Morgan fingerprint density at radius 1 is 1.21 bits per heavy atom. The summed E-state index contributed by atoms with van der Waals surface area (Å²) in [6, 6.07) is 7.50. The van der Waals surface area contributed by atoms with E-state index in [1.165, 1.54) is 44.6 Å². The van der Waals surface area contributed by atoms with Crippen LogP contribution in [0.15, 0.2) is 41.5 Å². The first-order valence-electron chi connectivity index (χ1n) is 8.11. The number of amides is 2. The van der Waals surface area contributed by atoms with Crippen molar-refractivity contribution in [3.63, 3.8) is 0 Å². The van der Waals surface area contributed by atoms with Crippen LogP contribution in [0.3, 0.4) is 0 Å². The summed E-state index contributed by atoms with van der Waals surface area (Å²) >= 11 is 0. The van der Waals surface area contributed by atoms with Crippen molar-refractivity contribution in [3.8, 4) is 11.5 Å². The summed E-state index contributed by atoms with van der Waals surface area (Å²) in [5.41, 5.74) is 2.15. The van der Waals surface area contributed by atoms with E-state index in [0.717, 1.165) is 12.3 Å². The fourth-order valence-corrected chi connectivity index (χ4v) is 2.26. The van der Waals surface area contributed by atoms with Crippen molar-refractivity contribution in [2.45, 2.75) is 0 Å². The number of rotatable bonds is 8. The Kier molecular flexibility index (Phi) is 7.18. The third kappa shape index (κ3) is 5.73. The van der Waals surface area contributed by atoms with Gasteiger partial charge >= 0.3 is 5.69 Å². The minimum atomic E-state index is -0.659. The monoisotopic (exact) mass is 404 g/mol. The molecular weight excluding hydrogens is 387 g/mol. The number of hydrogen-bond acceptors (Lipinski definition) is 7. The fourth-order valence-electron chi connectivity index (χ4n) is 2.26. The number of methoxy groups -OCH3 is 2. The number of carbonyl (C=O) groups is 2. The first kappa shape index (κ1) is 21.3. The van der Waals surface area contributed by atoms with Gasteiger partial charge in [-0.2, -0.15) is 5.10 Å². The number of hydrogen-bond donors (Lipinski definition) is 2. The van der Waals surface area contributed by atoms with Crippen LogP contribution >= 0.6 is 0 Å². The average Bonchev–Trinajstić information content (AvgIpc) is 2.71. The van der Waals surface area contributed by atoms with Crippen molar-refractivity contribution in [1.82, 2.24) is 10.7 Å². The molecule has 2 N–H and O–H groups in total. The lowest BCUT2D eigenvalue weighted by Crippen LogP contribution is -2.34. The molecule has 0 saturated carbocycles. The molecule has 0 saturated heterocycles. The molecule has 0 aromatic heterocycles. The van der Waals surface area contributed by atoms with Crippen molar-refractivity contribution < 1.29 is 28.4 Å². The number of halogens is 1. The van der Waals surface area contributed by atoms with Crippen LogP contribution in [0, 0.1) is 15.9 Å². The second kappa shape index (κ2) is 9.78. The Hall–Kier alpha value is -4.02. The second-order valence-corrected chi connectivity index (χ2v) is 5.51. The Balaban J connectivity index is 2.00. The highest BCUT2D eigenvalue weighted by Gasteiger charge is 2.19. The first-order valence-corrected chi connectivity index (χ1v) is 8.11. The summed E-state index contributed by atoms with van der Waals surface area (Å²) < 4.78 is 23.2. The average molecular weight is 404 g/mol. The number of nitrogens with one attached hydrogen (secondary N) is 2. The van der Waals surface area contributed by atoms with Gasteiger partial charge in [-0.05, 0) is 18.2 Å². The number of nitro benzene ring substituents is 1. The minimum absolute atomic E-state index is 0.00750. The molecule has 2 aromatic carbocycles. The van der Waals surface area contributed by atoms with Crippen LogP contribution in [0.1, 0.15) is 15.9 Å². The van der Waals surface area contributed by atoms with Crippen molar-refractivity contribution in [1.29, 1.82) is 0 Å². The van der Waals surface area contributed by atoms with Crippen LogP contribution in [-0.2, 0) is 4.79 Å². The number of ether oxygens (including phenoxy) is 2. The van der Waals surface area contributed by atoms with Gasteiger partial charge in [-0.15, -0.1) is 0 Å². The Morgan fingerprint density at radius 3 is 2.55 bits per heavy atom. The van der Waals surface area contributed by atoms with E-state index in [0.29, 0.717) is 0 Å². The molecule has 0 atom stereocenters. The van der Waals surface area contributed by atoms with Gasteiger partial charge in [0, 0.05) is 23.3 Å². The van der Waals surface area contributed by atoms with Gasteiger partial charge in [0.1, 0.15) is 11.6 Å². The number of carbonyl (C=O) groups excluding carboxylic acids is 2. The summed E-state index contributed by atoms with van der Waals surface area (Å²) in [5.74, 6) is -1.61. The standard InChI is InChI=1S/C18H17FN4O6/c1-28-15-8-16(29-2)14(23(26)27)7-12(15)9-21-22-17(24)10-20-18(25)11-4-3-5-13(19)6-11/h3-9H,10H2,1-2H3,(H,20,25)(H,22,24)/b21-9-. The SMILES string of the molecule is COc1cc(OC)c([N+](=O)[O-])cc1/C=N\NC(=O)CNC(=O)c1cccc(F)c1. The largest absolute Gasteiger partial charge is 0.496 e. The Morgan fingerprint density at radius 2 is 1.93 bits per heavy atom. The molecule has 11 heteroatoms. The quantitative estimate of drug-likeness (QED) is 0.390. The van der Waals surface area contributed by atoms with E-state index in [4.69, 9.17) is 9.47 Å². The van der Waals surface area contributed by atoms with Crippen LogP contribution in [0.4, 0.5) is 10.1 Å². The highest BCUT2D eigenvalue weighted by molar-refractivity contribution is 5.96. The molecule has 2 rings (SSSR count). The van der Waals surface area contributed by atoms with Crippen LogP contribution < -0.4 is 20.2 Å². The lowest BCUT2D eigenvalue weighted by atomic mass is 10.1. The smallest absolute Gasteiger partial charge is 0.311 e. The van der Waals surface area contributed by atoms with Gasteiger partial charge in [0.15, 0.2) is 0 Å². The molecule has 0 aliphatic rings. The lowest BCUT2D eigenvalue weighted by Gasteiger charge is -2.08. The zero-order chi connectivity index (χ0) is 21.4. The van der Waals surface area contributed by atoms with E-state index < -0.39 is 29.1 Å². The molecule has 10 nitrogen and oxygen atoms in total. The number of nitrogens with zero attached hydrogens (tertiary/aromatic N) is 2. The molecule has 0 radical (unpaired) electrons. The van der Waals surface area contributed by atoms with Gasteiger partial charge in [-0.25, -0.2) is 9.82 Å². The summed E-state index contributed by atoms with van der Waals surface area (Å²) in [5, 5.41) is 17.1. The van der Waals surface area contributed by atoms with Crippen LogP contribution in [0.5, 0.6) is 11.5 Å². The van der Waals surface area contributed by atoms with E-state index in [1.54, 1.807) is 0 Å². The predicted octanol–water partition coefficient (Wildman–Crippen LogP) is 1.63. The summed E-state index contributed by atoms with van der Waals surface area (Å²) in [4.78, 5) is 34.1. The molecule has 0 spiro atoms. The van der Waals surface area contributed by atoms with E-state index >= 15 is 0 Å². The molecule has 0 bridgehead atoms. The molecule has 0 aliphatic heterocycles. The normalized spacial score (nSPS) is 10.4. The minimum Gasteiger partial charge on any atom is -0.496 e. The zero-order valence-electron chi connectivity index (χ0n) is 15.5. The molecule has 29 heavy (non-hydrogen) atoms. The molecule has 2 aromatic rings. The fraction of sp³-hybridized carbons (Fsp3) is 0.167. The maximum atomic E-state index is 13.1. The first-order chi connectivity index (χ1) is 13.8. The topological polar surface area (TPSA) is 132 Å². The number of benzene rings is 2. The summed E-state index contributed by atoms with van der Waals surface area (Å²) in [7, 11) is 2.65. The van der Waals surface area contributed by atoms with Crippen molar-refractivity contribution in [2.75, 3.05) is 20.8 Å². The molecule has 2 amide bonds. The molecule has 152 valence electrons. The van der Waals surface area contributed by atoms with Crippen molar-refractivity contribution >= 4 is 23.7 Å². The highest BCUT2D eigenvalue weighted by atomic mass is 19.1. The Labute approximate surface area is 164 Å². The third-order valence-corrected chi connectivity index (χ3v) is 3.62. The molecular formula is C18H17FN4O6.